The summed E-state index contributed by atoms with van der Waals surface area (Å²) in [6.07, 6.45) is 0.667. The summed E-state index contributed by atoms with van der Waals surface area (Å²) in [5.41, 5.74) is -1.00. The number of hydrogen-bond donors (Lipinski definition) is 2. The van der Waals surface area contributed by atoms with Crippen LogP contribution in [0.2, 0.25) is 0 Å². The van der Waals surface area contributed by atoms with Crippen LogP contribution in [0.1, 0.15) is 45.4 Å². The van der Waals surface area contributed by atoms with E-state index in [0.717, 1.165) is 0 Å². The number of halogens is 6. The number of esters is 1. The number of rotatable bonds is 11. The van der Waals surface area contributed by atoms with Crippen LogP contribution in [0.4, 0.5) is 26.3 Å². The Morgan fingerprint density at radius 3 is 1.74 bits per heavy atom. The van der Waals surface area contributed by atoms with Gasteiger partial charge in [0.2, 0.25) is 15.9 Å². The Kier molecular flexibility index (Phi) is 8.41. The highest BCUT2D eigenvalue weighted by molar-refractivity contribution is 8.05. The molecule has 0 atom stereocenters. The van der Waals surface area contributed by atoms with E-state index >= 15 is 0 Å². The molecule has 0 saturated heterocycles. The molecule has 0 heterocycles. The van der Waals surface area contributed by atoms with Gasteiger partial charge in [-0.2, -0.15) is 34.8 Å². The molecular formula is C14H20F6N2O9S3. The summed E-state index contributed by atoms with van der Waals surface area (Å²) in [5, 5.41) is -14.0. The normalized spacial score (nSPS) is 17.9. The van der Waals surface area contributed by atoms with E-state index in [1.54, 1.807) is 6.92 Å². The maximum Gasteiger partial charge on any atom is 0.433 e. The molecule has 11 nitrogen and oxygen atoms in total. The Morgan fingerprint density at radius 2 is 1.32 bits per heavy atom. The number of hydrogen-bond acceptors (Lipinski definition) is 9. The van der Waals surface area contributed by atoms with Crippen molar-refractivity contribution in [2.75, 3.05) is 6.26 Å². The second kappa shape index (κ2) is 9.41. The lowest BCUT2D eigenvalue weighted by Crippen LogP contribution is -2.65. The summed E-state index contributed by atoms with van der Waals surface area (Å²) in [7, 11) is -19.5. The van der Waals surface area contributed by atoms with E-state index < -0.39 is 70.4 Å². The van der Waals surface area contributed by atoms with Crippen LogP contribution in [0.3, 0.4) is 0 Å². The SMILES string of the molecule is CCC1(OC(=O)CC(=O)NS(=O)(=O)C(F)(F)C(F)(F)C(F)(F)S(=O)(=O)NS(C)(=O)=O)CCCC1. The minimum Gasteiger partial charge on any atom is -0.459 e. The van der Waals surface area contributed by atoms with Crippen molar-refractivity contribution in [3.05, 3.63) is 0 Å². The lowest BCUT2D eigenvalue weighted by molar-refractivity contribution is -0.244. The molecule has 0 unspecified atom stereocenters. The Hall–Kier alpha value is -1.67. The van der Waals surface area contributed by atoms with E-state index in [2.05, 4.69) is 0 Å². The van der Waals surface area contributed by atoms with Crippen molar-refractivity contribution in [2.45, 2.75) is 67.5 Å². The maximum atomic E-state index is 14.0. The zero-order chi connectivity index (χ0) is 27.0. The van der Waals surface area contributed by atoms with Gasteiger partial charge in [0.1, 0.15) is 12.0 Å². The number of ether oxygens (including phenoxy) is 1. The highest BCUT2D eigenvalue weighted by Crippen LogP contribution is 2.50. The molecule has 1 fully saturated rings. The molecule has 0 aliphatic heterocycles. The van der Waals surface area contributed by atoms with Gasteiger partial charge >= 0.3 is 32.4 Å². The average Bonchev–Trinajstić information content (AvgIpc) is 3.07. The predicted molar refractivity (Wildman–Crippen MR) is 101 cm³/mol. The monoisotopic (exact) mass is 570 g/mol. The number of amides is 1. The highest BCUT2D eigenvalue weighted by atomic mass is 32.3. The van der Waals surface area contributed by atoms with E-state index in [-0.39, 0.29) is 16.8 Å². The highest BCUT2D eigenvalue weighted by Gasteiger charge is 2.82. The molecule has 0 aromatic heterocycles. The van der Waals surface area contributed by atoms with E-state index in [0.29, 0.717) is 30.4 Å². The van der Waals surface area contributed by atoms with Crippen molar-refractivity contribution in [1.82, 2.24) is 8.85 Å². The summed E-state index contributed by atoms with van der Waals surface area (Å²) in [6, 6.07) is 0. The van der Waals surface area contributed by atoms with Crippen molar-refractivity contribution in [2.24, 2.45) is 0 Å². The molecule has 1 saturated carbocycles. The Bertz CT molecular complexity index is 1130. The first-order chi connectivity index (χ1) is 15.0. The number of carbonyl (C=O) groups is 2. The van der Waals surface area contributed by atoms with E-state index in [4.69, 9.17) is 4.74 Å². The van der Waals surface area contributed by atoms with Crippen molar-refractivity contribution < 1.29 is 65.9 Å². The second-order valence-electron chi connectivity index (χ2n) is 7.39. The van der Waals surface area contributed by atoms with Crippen molar-refractivity contribution in [3.8, 4) is 0 Å². The Balaban J connectivity index is 3.13. The quantitative estimate of drug-likeness (QED) is 0.207. The van der Waals surface area contributed by atoms with Gasteiger partial charge in [0.15, 0.2) is 0 Å². The third kappa shape index (κ3) is 5.93. The van der Waals surface area contributed by atoms with Crippen LogP contribution in [-0.4, -0.2) is 65.4 Å². The number of carbonyl (C=O) groups excluding carboxylic acids is 2. The fraction of sp³-hybridized carbons (Fsp3) is 0.857. The fourth-order valence-corrected chi connectivity index (χ4v) is 6.47. The predicted octanol–water partition coefficient (Wildman–Crippen LogP) is 0.788. The fourth-order valence-electron chi connectivity index (χ4n) is 2.96. The molecule has 34 heavy (non-hydrogen) atoms. The molecule has 0 aromatic rings. The van der Waals surface area contributed by atoms with Crippen LogP contribution in [0.5, 0.6) is 0 Å². The van der Waals surface area contributed by atoms with Crippen molar-refractivity contribution in [3.63, 3.8) is 0 Å². The minimum atomic E-state index is -7.31. The van der Waals surface area contributed by atoms with Gasteiger partial charge in [-0.3, -0.25) is 9.59 Å². The molecular weight excluding hydrogens is 550 g/mol. The molecule has 1 aliphatic carbocycles. The zero-order valence-corrected chi connectivity index (χ0v) is 19.9. The number of nitrogens with one attached hydrogen (secondary N) is 2. The zero-order valence-electron chi connectivity index (χ0n) is 17.4. The summed E-state index contributed by atoms with van der Waals surface area (Å²) >= 11 is 0. The molecule has 1 amide bonds. The largest absolute Gasteiger partial charge is 0.459 e. The van der Waals surface area contributed by atoms with Crippen LogP contribution in [0.15, 0.2) is 0 Å². The smallest absolute Gasteiger partial charge is 0.433 e. The van der Waals surface area contributed by atoms with Crippen LogP contribution < -0.4 is 8.85 Å². The first kappa shape index (κ1) is 30.4. The Labute approximate surface area is 190 Å². The molecule has 0 radical (unpaired) electrons. The molecule has 0 aromatic carbocycles. The third-order valence-corrected chi connectivity index (χ3v) is 9.16. The van der Waals surface area contributed by atoms with Gasteiger partial charge in [-0.1, -0.05) is 6.92 Å². The molecule has 1 rings (SSSR count). The van der Waals surface area contributed by atoms with Crippen LogP contribution in [-0.2, 0) is 44.4 Å². The van der Waals surface area contributed by atoms with Crippen LogP contribution in [0, 0.1) is 0 Å². The number of sulfonamides is 3. The van der Waals surface area contributed by atoms with Gasteiger partial charge < -0.3 is 4.74 Å². The van der Waals surface area contributed by atoms with Gasteiger partial charge in [0.05, 0.1) is 6.26 Å². The molecule has 0 bridgehead atoms. The molecule has 1 aliphatic rings. The number of alkyl halides is 6. The van der Waals surface area contributed by atoms with E-state index in [1.807, 2.05) is 0 Å². The van der Waals surface area contributed by atoms with Crippen LogP contribution in [0.25, 0.3) is 0 Å². The van der Waals surface area contributed by atoms with Crippen molar-refractivity contribution >= 4 is 41.9 Å². The standard InChI is InChI=1S/C14H20F6N2O9S3/c1-3-11(6-4-5-7-11)31-10(24)8-9(23)21-33(27,28)13(17,18)12(15,16)14(19,20)34(29,30)22-32(2,25)26/h22H,3-8H2,1-2H3,(H,21,23). The summed E-state index contributed by atoms with van der Waals surface area (Å²) in [6.45, 7) is 1.62. The van der Waals surface area contributed by atoms with Gasteiger partial charge in [-0.15, -0.1) is 4.13 Å². The molecule has 20 heteroatoms. The maximum absolute atomic E-state index is 14.0. The Morgan fingerprint density at radius 1 is 0.882 bits per heavy atom. The van der Waals surface area contributed by atoms with Gasteiger partial charge in [-0.25, -0.2) is 21.6 Å². The lowest BCUT2D eigenvalue weighted by atomic mass is 9.99. The van der Waals surface area contributed by atoms with Gasteiger partial charge in [0, 0.05) is 0 Å². The lowest BCUT2D eigenvalue weighted by Gasteiger charge is -2.31. The van der Waals surface area contributed by atoms with E-state index in [9.17, 15) is 61.2 Å². The summed E-state index contributed by atoms with van der Waals surface area (Å²) < 4.78 is 156. The first-order valence-electron chi connectivity index (χ1n) is 9.10. The topological polar surface area (TPSA) is 170 Å². The summed E-state index contributed by atoms with van der Waals surface area (Å²) in [4.78, 5) is 23.5. The van der Waals surface area contributed by atoms with Crippen molar-refractivity contribution in [1.29, 1.82) is 0 Å². The summed E-state index contributed by atoms with van der Waals surface area (Å²) in [5.74, 6) is -10.9. The van der Waals surface area contributed by atoms with Gasteiger partial charge in [-0.05, 0) is 32.1 Å². The van der Waals surface area contributed by atoms with Gasteiger partial charge in [0.25, 0.3) is 10.0 Å². The second-order valence-corrected chi connectivity index (χ2v) is 12.8. The molecule has 0 spiro atoms. The van der Waals surface area contributed by atoms with E-state index in [1.165, 1.54) is 0 Å². The average molecular weight is 571 g/mol. The molecule has 2 N–H and O–H groups in total. The minimum absolute atomic E-state index is 0.0134. The first-order valence-corrected chi connectivity index (χ1v) is 14.0. The molecule has 200 valence electrons. The van der Waals surface area contributed by atoms with Crippen LogP contribution >= 0.6 is 0 Å². The third-order valence-electron chi connectivity index (χ3n) is 4.71.